The van der Waals surface area contributed by atoms with Gasteiger partial charge < -0.3 is 5.32 Å². The summed E-state index contributed by atoms with van der Waals surface area (Å²) in [4.78, 5) is 4.39. The molecule has 2 heteroatoms. The number of fused-ring (bicyclic) bond motifs is 1. The van der Waals surface area contributed by atoms with Gasteiger partial charge in [-0.15, -0.1) is 0 Å². The van der Waals surface area contributed by atoms with Gasteiger partial charge in [-0.1, -0.05) is 31.2 Å². The Morgan fingerprint density at radius 1 is 1.33 bits per heavy atom. The SMILES string of the molecule is CCNCC/C=C(/C)c1ccc2cccnc2c1. The molecule has 0 amide bonds. The van der Waals surface area contributed by atoms with E-state index in [1.165, 1.54) is 16.5 Å². The predicted molar refractivity (Wildman–Crippen MR) is 78.6 cm³/mol. The molecule has 0 saturated heterocycles. The first-order valence-corrected chi connectivity index (χ1v) is 6.54. The van der Waals surface area contributed by atoms with E-state index < -0.39 is 0 Å². The fourth-order valence-electron chi connectivity index (χ4n) is 2.00. The lowest BCUT2D eigenvalue weighted by Gasteiger charge is -2.04. The van der Waals surface area contributed by atoms with Crippen LogP contribution in [-0.2, 0) is 0 Å². The molecule has 1 aromatic carbocycles. The van der Waals surface area contributed by atoms with Crippen molar-refractivity contribution in [3.05, 3.63) is 48.2 Å². The molecule has 2 rings (SSSR count). The third-order valence-electron chi connectivity index (χ3n) is 3.08. The summed E-state index contributed by atoms with van der Waals surface area (Å²) in [6, 6.07) is 10.5. The number of aromatic nitrogens is 1. The topological polar surface area (TPSA) is 24.9 Å². The molecule has 1 aromatic heterocycles. The lowest BCUT2D eigenvalue weighted by molar-refractivity contribution is 0.727. The van der Waals surface area contributed by atoms with Crippen LogP contribution >= 0.6 is 0 Å². The molecule has 2 nitrogen and oxygen atoms in total. The molecule has 0 bridgehead atoms. The quantitative estimate of drug-likeness (QED) is 0.807. The Morgan fingerprint density at radius 2 is 2.22 bits per heavy atom. The molecule has 0 atom stereocenters. The predicted octanol–water partition coefficient (Wildman–Crippen LogP) is 3.64. The maximum Gasteiger partial charge on any atom is 0.0708 e. The minimum absolute atomic E-state index is 1.03. The molecule has 0 aliphatic rings. The van der Waals surface area contributed by atoms with Gasteiger partial charge in [0.15, 0.2) is 0 Å². The van der Waals surface area contributed by atoms with E-state index in [-0.39, 0.29) is 0 Å². The second-order valence-corrected chi connectivity index (χ2v) is 4.44. The summed E-state index contributed by atoms with van der Waals surface area (Å²) >= 11 is 0. The van der Waals surface area contributed by atoms with Gasteiger partial charge in [0.2, 0.25) is 0 Å². The van der Waals surface area contributed by atoms with Crippen LogP contribution in [0.4, 0.5) is 0 Å². The fourth-order valence-corrected chi connectivity index (χ4v) is 2.00. The van der Waals surface area contributed by atoms with E-state index in [9.17, 15) is 0 Å². The van der Waals surface area contributed by atoms with E-state index in [4.69, 9.17) is 0 Å². The highest BCUT2D eigenvalue weighted by molar-refractivity contribution is 5.82. The van der Waals surface area contributed by atoms with Crippen molar-refractivity contribution in [2.24, 2.45) is 0 Å². The zero-order chi connectivity index (χ0) is 12.8. The van der Waals surface area contributed by atoms with Crippen LogP contribution in [0.1, 0.15) is 25.8 Å². The first kappa shape index (κ1) is 12.8. The summed E-state index contributed by atoms with van der Waals surface area (Å²) in [6.07, 6.45) is 5.20. The molecule has 0 aliphatic carbocycles. The molecule has 1 heterocycles. The maximum absolute atomic E-state index is 4.39. The van der Waals surface area contributed by atoms with Gasteiger partial charge in [0.05, 0.1) is 5.52 Å². The van der Waals surface area contributed by atoms with Gasteiger partial charge in [0, 0.05) is 11.6 Å². The van der Waals surface area contributed by atoms with Crippen LogP contribution in [0, 0.1) is 0 Å². The van der Waals surface area contributed by atoms with Crippen LogP contribution in [0.15, 0.2) is 42.6 Å². The number of hydrogen-bond acceptors (Lipinski definition) is 2. The third kappa shape index (κ3) is 3.17. The van der Waals surface area contributed by atoms with Crippen LogP contribution in [0.5, 0.6) is 0 Å². The average molecular weight is 240 g/mol. The molecule has 1 N–H and O–H groups in total. The largest absolute Gasteiger partial charge is 0.317 e. The van der Waals surface area contributed by atoms with Gasteiger partial charge in [-0.05, 0) is 49.7 Å². The van der Waals surface area contributed by atoms with Gasteiger partial charge in [-0.2, -0.15) is 0 Å². The first-order chi connectivity index (χ1) is 8.81. The van der Waals surface area contributed by atoms with E-state index in [1.54, 1.807) is 0 Å². The molecule has 18 heavy (non-hydrogen) atoms. The smallest absolute Gasteiger partial charge is 0.0708 e. The van der Waals surface area contributed by atoms with Crippen molar-refractivity contribution in [3.8, 4) is 0 Å². The second kappa shape index (κ2) is 6.31. The van der Waals surface area contributed by atoms with Crippen molar-refractivity contribution < 1.29 is 0 Å². The van der Waals surface area contributed by atoms with Gasteiger partial charge >= 0.3 is 0 Å². The van der Waals surface area contributed by atoms with Crippen LogP contribution in [0.25, 0.3) is 16.5 Å². The molecule has 0 aliphatic heterocycles. The highest BCUT2D eigenvalue weighted by Gasteiger charge is 1.98. The molecular weight excluding hydrogens is 220 g/mol. The highest BCUT2D eigenvalue weighted by atomic mass is 14.8. The van der Waals surface area contributed by atoms with Crippen LogP contribution in [0.3, 0.4) is 0 Å². The van der Waals surface area contributed by atoms with Crippen LogP contribution < -0.4 is 5.32 Å². The number of rotatable bonds is 5. The summed E-state index contributed by atoms with van der Waals surface area (Å²) in [6.45, 7) is 6.37. The summed E-state index contributed by atoms with van der Waals surface area (Å²) in [5.74, 6) is 0. The summed E-state index contributed by atoms with van der Waals surface area (Å²) in [5, 5.41) is 4.52. The molecule has 0 spiro atoms. The Kier molecular flexibility index (Phi) is 4.48. The highest BCUT2D eigenvalue weighted by Crippen LogP contribution is 2.19. The number of allylic oxidation sites excluding steroid dienone is 1. The molecule has 94 valence electrons. The number of nitrogens with one attached hydrogen (secondary N) is 1. The third-order valence-corrected chi connectivity index (χ3v) is 3.08. The van der Waals surface area contributed by atoms with E-state index in [1.807, 2.05) is 12.3 Å². The van der Waals surface area contributed by atoms with Crippen molar-refractivity contribution in [1.29, 1.82) is 0 Å². The standard InChI is InChI=1S/C16H20N2/c1-3-17-10-4-6-13(2)15-9-8-14-7-5-11-18-16(14)12-15/h5-9,11-12,17H,3-4,10H2,1-2H3/b13-6-. The summed E-state index contributed by atoms with van der Waals surface area (Å²) in [7, 11) is 0. The van der Waals surface area contributed by atoms with E-state index in [0.717, 1.165) is 25.0 Å². The van der Waals surface area contributed by atoms with Gasteiger partial charge in [0.1, 0.15) is 0 Å². The molecule has 0 saturated carbocycles. The van der Waals surface area contributed by atoms with Crippen molar-refractivity contribution >= 4 is 16.5 Å². The Balaban J connectivity index is 2.14. The number of benzene rings is 1. The van der Waals surface area contributed by atoms with Gasteiger partial charge in [0.25, 0.3) is 0 Å². The van der Waals surface area contributed by atoms with E-state index >= 15 is 0 Å². The van der Waals surface area contributed by atoms with Crippen LogP contribution in [0.2, 0.25) is 0 Å². The van der Waals surface area contributed by atoms with Crippen molar-refractivity contribution in [1.82, 2.24) is 10.3 Å². The summed E-state index contributed by atoms with van der Waals surface area (Å²) in [5.41, 5.74) is 3.65. The minimum Gasteiger partial charge on any atom is -0.317 e. The Bertz CT molecular complexity index is 544. The lowest BCUT2D eigenvalue weighted by Crippen LogP contribution is -2.13. The van der Waals surface area contributed by atoms with Gasteiger partial charge in [-0.3, -0.25) is 4.98 Å². The lowest BCUT2D eigenvalue weighted by atomic mass is 10.0. The van der Waals surface area contributed by atoms with Crippen molar-refractivity contribution in [2.75, 3.05) is 13.1 Å². The maximum atomic E-state index is 4.39. The molecular formula is C16H20N2. The molecule has 0 unspecified atom stereocenters. The number of pyridine rings is 1. The van der Waals surface area contributed by atoms with Crippen LogP contribution in [-0.4, -0.2) is 18.1 Å². The first-order valence-electron chi connectivity index (χ1n) is 6.54. The average Bonchev–Trinajstić information content (AvgIpc) is 2.43. The Morgan fingerprint density at radius 3 is 3.06 bits per heavy atom. The number of nitrogens with zero attached hydrogens (tertiary/aromatic N) is 1. The van der Waals surface area contributed by atoms with Crippen molar-refractivity contribution in [2.45, 2.75) is 20.3 Å². The summed E-state index contributed by atoms with van der Waals surface area (Å²) < 4.78 is 0. The Labute approximate surface area is 109 Å². The van der Waals surface area contributed by atoms with E-state index in [0.29, 0.717) is 0 Å². The molecule has 0 radical (unpaired) electrons. The molecule has 0 fully saturated rings. The Hall–Kier alpha value is -1.67. The van der Waals surface area contributed by atoms with Crippen molar-refractivity contribution in [3.63, 3.8) is 0 Å². The van der Waals surface area contributed by atoms with Gasteiger partial charge in [-0.25, -0.2) is 0 Å². The second-order valence-electron chi connectivity index (χ2n) is 4.44. The zero-order valence-electron chi connectivity index (χ0n) is 11.1. The zero-order valence-corrected chi connectivity index (χ0v) is 11.1. The normalized spacial score (nSPS) is 12.0. The fraction of sp³-hybridized carbons (Fsp3) is 0.312. The molecule has 2 aromatic rings. The minimum atomic E-state index is 1.03. The monoisotopic (exact) mass is 240 g/mol. The van der Waals surface area contributed by atoms with E-state index in [2.05, 4.69) is 54.5 Å². The number of hydrogen-bond donors (Lipinski definition) is 1.